The molecule has 0 amide bonds. The summed E-state index contributed by atoms with van der Waals surface area (Å²) in [6, 6.07) is 0. The third kappa shape index (κ3) is 2.03. The highest BCUT2D eigenvalue weighted by atomic mass is 19.4. The van der Waals surface area contributed by atoms with Gasteiger partial charge in [0.1, 0.15) is 5.60 Å². The second-order valence-corrected chi connectivity index (χ2v) is 5.56. The summed E-state index contributed by atoms with van der Waals surface area (Å²) in [6.45, 7) is -0.0825. The van der Waals surface area contributed by atoms with E-state index in [1.54, 1.807) is 0 Å². The van der Waals surface area contributed by atoms with Crippen LogP contribution >= 0.6 is 0 Å². The monoisotopic (exact) mass is 304 g/mol. The third-order valence-corrected chi connectivity index (χ3v) is 4.44. The number of ether oxygens (including phenoxy) is 2. The van der Waals surface area contributed by atoms with Crippen molar-refractivity contribution < 1.29 is 36.5 Å². The highest BCUT2D eigenvalue weighted by Gasteiger charge is 2.80. The summed E-state index contributed by atoms with van der Waals surface area (Å²) in [5, 5.41) is 9.42. The first-order valence-corrected chi connectivity index (χ1v) is 6.51. The summed E-state index contributed by atoms with van der Waals surface area (Å²) in [7, 11) is 0. The van der Waals surface area contributed by atoms with Gasteiger partial charge in [0.05, 0.1) is 0 Å². The number of rotatable bonds is 1. The molecule has 1 saturated carbocycles. The van der Waals surface area contributed by atoms with Gasteiger partial charge in [0, 0.05) is 0 Å². The van der Waals surface area contributed by atoms with Gasteiger partial charge in [-0.25, -0.2) is 0 Å². The van der Waals surface area contributed by atoms with E-state index in [-0.39, 0.29) is 0 Å². The van der Waals surface area contributed by atoms with Gasteiger partial charge in [-0.05, 0) is 25.7 Å². The van der Waals surface area contributed by atoms with Gasteiger partial charge in [-0.15, -0.1) is 0 Å². The quantitative estimate of drug-likeness (QED) is 0.756. The highest BCUT2D eigenvalue weighted by Crippen LogP contribution is 2.56. The van der Waals surface area contributed by atoms with Gasteiger partial charge in [-0.2, -0.15) is 22.0 Å². The Kier molecular flexibility index (Phi) is 3.80. The minimum absolute atomic E-state index is 0.347. The molecule has 1 aliphatic carbocycles. The van der Waals surface area contributed by atoms with Crippen molar-refractivity contribution >= 4 is 0 Å². The van der Waals surface area contributed by atoms with Crippen LogP contribution in [0, 0.1) is 5.92 Å². The van der Waals surface area contributed by atoms with Gasteiger partial charge in [0.2, 0.25) is 0 Å². The molecule has 2 fully saturated rings. The summed E-state index contributed by atoms with van der Waals surface area (Å²) < 4.78 is 76.0. The van der Waals surface area contributed by atoms with Crippen molar-refractivity contribution in [2.75, 3.05) is 6.79 Å². The van der Waals surface area contributed by atoms with Gasteiger partial charge in [0.15, 0.2) is 6.79 Å². The molecule has 0 aromatic carbocycles. The lowest BCUT2D eigenvalue weighted by Crippen LogP contribution is -2.74. The fraction of sp³-hybridized carbons (Fsp3) is 1.00. The van der Waals surface area contributed by atoms with Crippen molar-refractivity contribution in [3.8, 4) is 0 Å². The van der Waals surface area contributed by atoms with Crippen LogP contribution in [-0.4, -0.2) is 35.4 Å². The van der Waals surface area contributed by atoms with Crippen LogP contribution < -0.4 is 0 Å². The molecule has 0 bridgehead atoms. The van der Waals surface area contributed by atoms with E-state index in [4.69, 9.17) is 4.74 Å². The Morgan fingerprint density at radius 1 is 1.05 bits per heavy atom. The molecule has 1 saturated heterocycles. The zero-order valence-electron chi connectivity index (χ0n) is 11.0. The molecule has 1 aliphatic heterocycles. The van der Waals surface area contributed by atoms with Crippen molar-refractivity contribution in [1.29, 1.82) is 0 Å². The maximum Gasteiger partial charge on any atom is 0.449 e. The Hall–Kier alpha value is -0.470. The van der Waals surface area contributed by atoms with E-state index in [1.807, 2.05) is 0 Å². The first-order chi connectivity index (χ1) is 9.06. The van der Waals surface area contributed by atoms with Gasteiger partial charge in [0.25, 0.3) is 0 Å². The van der Waals surface area contributed by atoms with Crippen molar-refractivity contribution in [3.05, 3.63) is 0 Å². The van der Waals surface area contributed by atoms with Crippen LogP contribution in [0.15, 0.2) is 0 Å². The van der Waals surface area contributed by atoms with Crippen LogP contribution in [0.1, 0.15) is 39.0 Å². The smallest absolute Gasteiger partial charge is 0.354 e. The highest BCUT2D eigenvalue weighted by molar-refractivity contribution is 5.08. The molecule has 0 aromatic rings. The zero-order valence-corrected chi connectivity index (χ0v) is 11.0. The van der Waals surface area contributed by atoms with Gasteiger partial charge in [-0.3, -0.25) is 0 Å². The largest absolute Gasteiger partial charge is 0.449 e. The first kappa shape index (κ1) is 15.9. The molecule has 2 aliphatic rings. The fourth-order valence-electron chi connectivity index (χ4n) is 3.04. The van der Waals surface area contributed by atoms with Crippen molar-refractivity contribution in [2.24, 2.45) is 5.92 Å². The average Bonchev–Trinajstić information content (AvgIpc) is 2.36. The van der Waals surface area contributed by atoms with Crippen molar-refractivity contribution in [3.63, 3.8) is 0 Å². The minimum atomic E-state index is -5.60. The van der Waals surface area contributed by atoms with E-state index in [9.17, 15) is 27.1 Å². The van der Waals surface area contributed by atoms with Crippen LogP contribution in [0.25, 0.3) is 0 Å². The zero-order chi connectivity index (χ0) is 15.2. The Bertz CT molecular complexity index is 367. The predicted molar refractivity (Wildman–Crippen MR) is 58.0 cm³/mol. The Morgan fingerprint density at radius 2 is 1.60 bits per heavy atom. The van der Waals surface area contributed by atoms with Gasteiger partial charge >= 0.3 is 17.9 Å². The molecular formula is C12H17F5O3. The van der Waals surface area contributed by atoms with Gasteiger partial charge in [-0.1, -0.05) is 19.3 Å². The van der Waals surface area contributed by atoms with E-state index in [0.717, 1.165) is 13.3 Å². The maximum atomic E-state index is 14.4. The molecule has 8 heteroatoms. The third-order valence-electron chi connectivity index (χ3n) is 4.44. The summed E-state index contributed by atoms with van der Waals surface area (Å²) in [5.74, 6) is -9.84. The van der Waals surface area contributed by atoms with Crippen LogP contribution in [0.4, 0.5) is 22.0 Å². The molecule has 118 valence electrons. The molecule has 0 radical (unpaired) electrons. The van der Waals surface area contributed by atoms with E-state index in [1.165, 1.54) is 0 Å². The number of halogens is 5. The SMILES string of the molecule is CC1(C2CCCCC2)OCOC(O)(C(F)(F)F)C1(F)F. The van der Waals surface area contributed by atoms with E-state index < -0.39 is 36.2 Å². The summed E-state index contributed by atoms with van der Waals surface area (Å²) in [5.41, 5.74) is -2.39. The summed E-state index contributed by atoms with van der Waals surface area (Å²) in [4.78, 5) is 0. The standard InChI is InChI=1S/C12H17F5O3/c1-9(8-5-3-2-4-6-8)10(13,14)11(18,12(15,16)17)20-7-19-9/h8,18H,2-7H2,1H3. The lowest BCUT2D eigenvalue weighted by atomic mass is 9.72. The molecule has 2 atom stereocenters. The Balaban J connectivity index is 2.38. The number of hydrogen-bond donors (Lipinski definition) is 1. The average molecular weight is 304 g/mol. The summed E-state index contributed by atoms with van der Waals surface area (Å²) in [6.07, 6.45) is -2.73. The lowest BCUT2D eigenvalue weighted by molar-refractivity contribution is -0.505. The predicted octanol–water partition coefficient (Wildman–Crippen LogP) is 3.22. The molecule has 0 aromatic heterocycles. The second-order valence-electron chi connectivity index (χ2n) is 5.56. The molecule has 2 unspecified atom stereocenters. The Labute approximate surface area is 113 Å². The van der Waals surface area contributed by atoms with Crippen molar-refractivity contribution in [1.82, 2.24) is 0 Å². The summed E-state index contributed by atoms with van der Waals surface area (Å²) >= 11 is 0. The number of hydrogen-bond acceptors (Lipinski definition) is 3. The van der Waals surface area contributed by atoms with Crippen molar-refractivity contribution in [2.45, 2.75) is 62.5 Å². The minimum Gasteiger partial charge on any atom is -0.354 e. The molecule has 0 spiro atoms. The van der Waals surface area contributed by atoms with Gasteiger partial charge < -0.3 is 14.6 Å². The number of aliphatic hydroxyl groups is 1. The van der Waals surface area contributed by atoms with Crippen LogP contribution in [0.5, 0.6) is 0 Å². The topological polar surface area (TPSA) is 38.7 Å². The molecule has 1 heterocycles. The van der Waals surface area contributed by atoms with Crippen LogP contribution in [0.3, 0.4) is 0 Å². The second kappa shape index (κ2) is 4.78. The molecule has 1 N–H and O–H groups in total. The van der Waals surface area contributed by atoms with Crippen LogP contribution in [-0.2, 0) is 9.47 Å². The molecular weight excluding hydrogens is 287 g/mol. The van der Waals surface area contributed by atoms with E-state index >= 15 is 0 Å². The molecule has 3 nitrogen and oxygen atoms in total. The van der Waals surface area contributed by atoms with E-state index in [2.05, 4.69) is 4.74 Å². The fourth-order valence-corrected chi connectivity index (χ4v) is 3.04. The molecule has 20 heavy (non-hydrogen) atoms. The normalized spacial score (nSPS) is 39.8. The van der Waals surface area contributed by atoms with E-state index in [0.29, 0.717) is 25.7 Å². The lowest BCUT2D eigenvalue weighted by Gasteiger charge is -2.52. The first-order valence-electron chi connectivity index (χ1n) is 6.51. The molecule has 2 rings (SSSR count). The Morgan fingerprint density at radius 3 is 2.10 bits per heavy atom. The van der Waals surface area contributed by atoms with Crippen LogP contribution in [0.2, 0.25) is 0 Å². The number of alkyl halides is 5. The maximum absolute atomic E-state index is 14.4.